The van der Waals surface area contributed by atoms with Gasteiger partial charge in [0.1, 0.15) is 12.4 Å². The Morgan fingerprint density at radius 3 is 3.15 bits per heavy atom. The molecule has 0 bridgehead atoms. The SMILES string of the molecule is NCC(O)c1cccc2nncn12. The van der Waals surface area contributed by atoms with Gasteiger partial charge in [-0.15, -0.1) is 10.2 Å². The molecule has 1 unspecified atom stereocenters. The van der Waals surface area contributed by atoms with Crippen molar-refractivity contribution in [2.45, 2.75) is 6.10 Å². The topological polar surface area (TPSA) is 76.4 Å². The number of aliphatic hydroxyl groups excluding tert-OH is 1. The number of pyridine rings is 1. The highest BCUT2D eigenvalue weighted by atomic mass is 16.3. The molecule has 2 aromatic rings. The van der Waals surface area contributed by atoms with Crippen LogP contribution < -0.4 is 5.73 Å². The highest BCUT2D eigenvalue weighted by Gasteiger charge is 2.08. The first-order valence-electron chi connectivity index (χ1n) is 3.99. The first-order valence-corrected chi connectivity index (χ1v) is 3.99. The number of rotatable bonds is 2. The Labute approximate surface area is 74.8 Å². The van der Waals surface area contributed by atoms with E-state index in [-0.39, 0.29) is 6.54 Å². The predicted molar refractivity (Wildman–Crippen MR) is 47.0 cm³/mol. The van der Waals surface area contributed by atoms with Gasteiger partial charge in [0.05, 0.1) is 5.69 Å². The van der Waals surface area contributed by atoms with Crippen molar-refractivity contribution < 1.29 is 5.11 Å². The van der Waals surface area contributed by atoms with Crippen molar-refractivity contribution in [3.8, 4) is 0 Å². The summed E-state index contributed by atoms with van der Waals surface area (Å²) < 4.78 is 1.72. The highest BCUT2D eigenvalue weighted by Crippen LogP contribution is 2.12. The molecule has 0 aromatic carbocycles. The van der Waals surface area contributed by atoms with Gasteiger partial charge >= 0.3 is 0 Å². The second-order valence-corrected chi connectivity index (χ2v) is 2.76. The smallest absolute Gasteiger partial charge is 0.160 e. The van der Waals surface area contributed by atoms with Gasteiger partial charge < -0.3 is 10.8 Å². The molecular formula is C8H10N4O. The Balaban J connectivity index is 2.60. The van der Waals surface area contributed by atoms with Crippen LogP contribution in [0.4, 0.5) is 0 Å². The molecule has 5 nitrogen and oxygen atoms in total. The number of aliphatic hydroxyl groups is 1. The van der Waals surface area contributed by atoms with E-state index in [9.17, 15) is 5.11 Å². The first kappa shape index (κ1) is 8.15. The standard InChI is InChI=1S/C8H10N4O/c9-4-7(13)6-2-1-3-8-11-10-5-12(6)8/h1-3,5,7,13H,4,9H2. The lowest BCUT2D eigenvalue weighted by molar-refractivity contribution is 0.180. The van der Waals surface area contributed by atoms with E-state index in [1.54, 1.807) is 16.8 Å². The fourth-order valence-corrected chi connectivity index (χ4v) is 1.26. The average molecular weight is 178 g/mol. The van der Waals surface area contributed by atoms with Gasteiger partial charge in [0.2, 0.25) is 0 Å². The van der Waals surface area contributed by atoms with Gasteiger partial charge in [-0.3, -0.25) is 4.40 Å². The Morgan fingerprint density at radius 2 is 2.38 bits per heavy atom. The zero-order valence-corrected chi connectivity index (χ0v) is 6.96. The zero-order valence-electron chi connectivity index (χ0n) is 6.96. The van der Waals surface area contributed by atoms with Crippen LogP contribution in [0.15, 0.2) is 24.5 Å². The second-order valence-electron chi connectivity index (χ2n) is 2.76. The molecule has 1 atom stereocenters. The van der Waals surface area contributed by atoms with Gasteiger partial charge in [-0.2, -0.15) is 0 Å². The van der Waals surface area contributed by atoms with E-state index >= 15 is 0 Å². The molecule has 13 heavy (non-hydrogen) atoms. The number of nitrogens with zero attached hydrogens (tertiary/aromatic N) is 3. The van der Waals surface area contributed by atoms with E-state index in [1.165, 1.54) is 0 Å². The molecule has 0 saturated heterocycles. The molecule has 0 spiro atoms. The molecule has 0 fully saturated rings. The molecule has 0 radical (unpaired) electrons. The van der Waals surface area contributed by atoms with Crippen molar-refractivity contribution >= 4 is 5.65 Å². The molecule has 2 heterocycles. The maximum atomic E-state index is 9.54. The van der Waals surface area contributed by atoms with Crippen molar-refractivity contribution in [1.29, 1.82) is 0 Å². The Bertz CT molecular complexity index is 411. The van der Waals surface area contributed by atoms with E-state index in [0.29, 0.717) is 11.3 Å². The lowest BCUT2D eigenvalue weighted by Gasteiger charge is -2.09. The van der Waals surface area contributed by atoms with Crippen molar-refractivity contribution in [2.75, 3.05) is 6.54 Å². The van der Waals surface area contributed by atoms with Crippen LogP contribution >= 0.6 is 0 Å². The summed E-state index contributed by atoms with van der Waals surface area (Å²) in [4.78, 5) is 0. The van der Waals surface area contributed by atoms with E-state index in [0.717, 1.165) is 0 Å². The monoisotopic (exact) mass is 178 g/mol. The van der Waals surface area contributed by atoms with Crippen LogP contribution in [0.25, 0.3) is 5.65 Å². The molecule has 68 valence electrons. The molecule has 0 aliphatic rings. The number of hydrogen-bond donors (Lipinski definition) is 2. The quantitative estimate of drug-likeness (QED) is 0.663. The van der Waals surface area contributed by atoms with Crippen LogP contribution in [0.2, 0.25) is 0 Å². The van der Waals surface area contributed by atoms with Gasteiger partial charge in [0.15, 0.2) is 5.65 Å². The largest absolute Gasteiger partial charge is 0.386 e. The van der Waals surface area contributed by atoms with Gasteiger partial charge in [0.25, 0.3) is 0 Å². The summed E-state index contributed by atoms with van der Waals surface area (Å²) in [5, 5.41) is 17.1. The first-order chi connectivity index (χ1) is 6.33. The van der Waals surface area contributed by atoms with E-state index in [2.05, 4.69) is 10.2 Å². The Morgan fingerprint density at radius 1 is 1.54 bits per heavy atom. The van der Waals surface area contributed by atoms with Crippen LogP contribution in [0, 0.1) is 0 Å². The fraction of sp³-hybridized carbons (Fsp3) is 0.250. The maximum Gasteiger partial charge on any atom is 0.160 e. The lowest BCUT2D eigenvalue weighted by Crippen LogP contribution is -2.14. The molecule has 0 saturated carbocycles. The van der Waals surface area contributed by atoms with E-state index in [4.69, 9.17) is 5.73 Å². The minimum absolute atomic E-state index is 0.192. The molecule has 2 rings (SSSR count). The van der Waals surface area contributed by atoms with E-state index < -0.39 is 6.10 Å². The molecule has 0 aliphatic carbocycles. The van der Waals surface area contributed by atoms with Crippen molar-refractivity contribution in [3.05, 3.63) is 30.2 Å². The number of aromatic nitrogens is 3. The fourth-order valence-electron chi connectivity index (χ4n) is 1.26. The highest BCUT2D eigenvalue weighted by molar-refractivity contribution is 5.38. The van der Waals surface area contributed by atoms with Crippen molar-refractivity contribution in [1.82, 2.24) is 14.6 Å². The third-order valence-electron chi connectivity index (χ3n) is 1.93. The van der Waals surface area contributed by atoms with Crippen LogP contribution in [0.3, 0.4) is 0 Å². The maximum absolute atomic E-state index is 9.54. The number of nitrogens with two attached hydrogens (primary N) is 1. The van der Waals surface area contributed by atoms with E-state index in [1.807, 2.05) is 12.1 Å². The summed E-state index contributed by atoms with van der Waals surface area (Å²) in [6, 6.07) is 5.44. The second kappa shape index (κ2) is 3.12. The third-order valence-corrected chi connectivity index (χ3v) is 1.93. The van der Waals surface area contributed by atoms with Crippen molar-refractivity contribution in [3.63, 3.8) is 0 Å². The van der Waals surface area contributed by atoms with Crippen LogP contribution in [-0.4, -0.2) is 26.2 Å². The summed E-state index contributed by atoms with van der Waals surface area (Å²) in [6.45, 7) is 0.192. The minimum atomic E-state index is -0.667. The molecule has 0 aliphatic heterocycles. The molecule has 5 heteroatoms. The Kier molecular flexibility index (Phi) is 1.96. The van der Waals surface area contributed by atoms with Gasteiger partial charge in [-0.05, 0) is 12.1 Å². The number of hydrogen-bond acceptors (Lipinski definition) is 4. The summed E-state index contributed by atoms with van der Waals surface area (Å²) in [5.41, 5.74) is 6.79. The van der Waals surface area contributed by atoms with Gasteiger partial charge in [-0.25, -0.2) is 0 Å². The summed E-state index contributed by atoms with van der Waals surface area (Å²) in [7, 11) is 0. The zero-order chi connectivity index (χ0) is 9.26. The summed E-state index contributed by atoms with van der Waals surface area (Å²) in [6.07, 6.45) is 0.892. The summed E-state index contributed by atoms with van der Waals surface area (Å²) >= 11 is 0. The molecule has 0 amide bonds. The third kappa shape index (κ3) is 1.28. The molecule has 3 N–H and O–H groups in total. The van der Waals surface area contributed by atoms with Crippen molar-refractivity contribution in [2.24, 2.45) is 5.73 Å². The summed E-state index contributed by atoms with van der Waals surface area (Å²) in [5.74, 6) is 0. The van der Waals surface area contributed by atoms with Crippen LogP contribution in [0.1, 0.15) is 11.8 Å². The lowest BCUT2D eigenvalue weighted by atomic mass is 10.2. The van der Waals surface area contributed by atoms with Crippen LogP contribution in [0.5, 0.6) is 0 Å². The van der Waals surface area contributed by atoms with Crippen LogP contribution in [-0.2, 0) is 0 Å². The van der Waals surface area contributed by atoms with Gasteiger partial charge in [0, 0.05) is 6.54 Å². The predicted octanol–water partition coefficient (Wildman–Crippen LogP) is -0.279. The average Bonchev–Trinajstić information content (AvgIpc) is 2.63. The number of fused-ring (bicyclic) bond motifs is 1. The molecule has 2 aromatic heterocycles. The Hall–Kier alpha value is -1.46. The molecular weight excluding hydrogens is 168 g/mol. The van der Waals surface area contributed by atoms with Gasteiger partial charge in [-0.1, -0.05) is 6.07 Å². The minimum Gasteiger partial charge on any atom is -0.386 e. The normalized spacial score (nSPS) is 13.4.